The van der Waals surface area contributed by atoms with Crippen LogP contribution in [0.15, 0.2) is 48.5 Å². The third-order valence-electron chi connectivity index (χ3n) is 6.36. The van der Waals surface area contributed by atoms with Crippen LogP contribution in [0.1, 0.15) is 51.7 Å². The zero-order valence-electron chi connectivity index (χ0n) is 19.8. The summed E-state index contributed by atoms with van der Waals surface area (Å²) in [6, 6.07) is 16.2. The number of aliphatic carboxylic acids is 1. The van der Waals surface area contributed by atoms with Gasteiger partial charge in [-0.1, -0.05) is 48.5 Å². The first-order chi connectivity index (χ1) is 15.5. The summed E-state index contributed by atoms with van der Waals surface area (Å²) < 4.78 is 5.54. The van der Waals surface area contributed by atoms with Gasteiger partial charge in [-0.3, -0.25) is 4.79 Å². The number of likely N-dealkylation sites (N-methyl/N-ethyl adjacent to an activating group) is 1. The minimum atomic E-state index is -1.35. The number of carboxylic acid groups (broad SMARTS) is 1. The number of rotatable bonds is 8. The van der Waals surface area contributed by atoms with E-state index in [9.17, 15) is 19.5 Å². The maximum Gasteiger partial charge on any atom is 0.407 e. The molecule has 2 N–H and O–H groups in total. The van der Waals surface area contributed by atoms with Gasteiger partial charge in [-0.2, -0.15) is 0 Å². The molecule has 7 heteroatoms. The lowest BCUT2D eigenvalue weighted by Gasteiger charge is -2.39. The quantitative estimate of drug-likeness (QED) is 0.624. The molecule has 0 spiro atoms. The van der Waals surface area contributed by atoms with Gasteiger partial charge in [0.1, 0.15) is 12.1 Å². The number of nitrogens with zero attached hydrogens (tertiary/aromatic N) is 1. The highest BCUT2D eigenvalue weighted by molar-refractivity contribution is 5.89. The van der Waals surface area contributed by atoms with Crippen molar-refractivity contribution in [3.8, 4) is 11.1 Å². The lowest BCUT2D eigenvalue weighted by molar-refractivity contribution is -0.160. The Morgan fingerprint density at radius 1 is 0.970 bits per heavy atom. The number of benzene rings is 2. The van der Waals surface area contributed by atoms with E-state index in [0.717, 1.165) is 22.3 Å². The van der Waals surface area contributed by atoms with Gasteiger partial charge in [0.25, 0.3) is 0 Å². The number of ether oxygens (including phenoxy) is 1. The van der Waals surface area contributed by atoms with Crippen LogP contribution in [0, 0.1) is 5.41 Å². The number of carbonyl (C=O) groups is 3. The molecule has 2 aromatic rings. The molecule has 0 fully saturated rings. The van der Waals surface area contributed by atoms with Crippen molar-refractivity contribution in [2.45, 2.75) is 46.1 Å². The van der Waals surface area contributed by atoms with E-state index in [1.165, 1.54) is 18.7 Å². The summed E-state index contributed by atoms with van der Waals surface area (Å²) in [4.78, 5) is 38.5. The SMILES string of the molecule is CCN(C(=O)C(C)(C)CNC(=O)OCC1c2ccccc2-c2ccccc21)C(C)(C)C(=O)O. The van der Waals surface area contributed by atoms with Crippen LogP contribution in [0.2, 0.25) is 0 Å². The van der Waals surface area contributed by atoms with Gasteiger partial charge in [0.05, 0.1) is 5.41 Å². The highest BCUT2D eigenvalue weighted by Gasteiger charge is 2.42. The van der Waals surface area contributed by atoms with Crippen LogP contribution in [-0.2, 0) is 14.3 Å². The zero-order chi connectivity index (χ0) is 24.4. The first-order valence-corrected chi connectivity index (χ1v) is 11.1. The number of hydrogen-bond acceptors (Lipinski definition) is 4. The maximum atomic E-state index is 13.1. The van der Waals surface area contributed by atoms with Crippen LogP contribution < -0.4 is 5.32 Å². The monoisotopic (exact) mass is 452 g/mol. The molecular weight excluding hydrogens is 420 g/mol. The topological polar surface area (TPSA) is 95.9 Å². The Morgan fingerprint density at radius 3 is 1.97 bits per heavy atom. The van der Waals surface area contributed by atoms with Crippen LogP contribution in [0.25, 0.3) is 11.1 Å². The standard InChI is InChI=1S/C26H32N2O5/c1-6-28(26(4,5)23(30)31)22(29)25(2,3)16-27-24(32)33-15-21-19-13-9-7-11-17(19)18-12-8-10-14-20(18)21/h7-14,21H,6,15-16H2,1-5H3,(H,27,32)(H,30,31). The molecule has 0 aromatic heterocycles. The molecule has 0 saturated carbocycles. The minimum absolute atomic E-state index is 0.0225. The van der Waals surface area contributed by atoms with E-state index in [4.69, 9.17) is 4.74 Å². The molecule has 2 aromatic carbocycles. The molecule has 0 bridgehead atoms. The van der Waals surface area contributed by atoms with Crippen LogP contribution >= 0.6 is 0 Å². The van der Waals surface area contributed by atoms with Gasteiger partial charge in [0.15, 0.2) is 0 Å². The highest BCUT2D eigenvalue weighted by Crippen LogP contribution is 2.44. The molecule has 0 aliphatic heterocycles. The second-order valence-corrected chi connectivity index (χ2v) is 9.48. The molecule has 7 nitrogen and oxygen atoms in total. The van der Waals surface area contributed by atoms with Crippen molar-refractivity contribution in [3.63, 3.8) is 0 Å². The van der Waals surface area contributed by atoms with E-state index in [1.54, 1.807) is 20.8 Å². The Labute approximate surface area is 194 Å². The third-order valence-corrected chi connectivity index (χ3v) is 6.36. The number of carboxylic acids is 1. The van der Waals surface area contributed by atoms with E-state index in [0.29, 0.717) is 0 Å². The summed E-state index contributed by atoms with van der Waals surface area (Å²) >= 11 is 0. The molecule has 1 aliphatic carbocycles. The van der Waals surface area contributed by atoms with Gasteiger partial charge in [0.2, 0.25) is 5.91 Å². The van der Waals surface area contributed by atoms with Gasteiger partial charge >= 0.3 is 12.1 Å². The van der Waals surface area contributed by atoms with Crippen molar-refractivity contribution in [3.05, 3.63) is 59.7 Å². The third kappa shape index (κ3) is 4.72. The van der Waals surface area contributed by atoms with Crippen molar-refractivity contribution in [1.82, 2.24) is 10.2 Å². The fourth-order valence-electron chi connectivity index (χ4n) is 4.29. The van der Waals surface area contributed by atoms with Crippen molar-refractivity contribution >= 4 is 18.0 Å². The number of hydrogen-bond donors (Lipinski definition) is 2. The fourth-order valence-corrected chi connectivity index (χ4v) is 4.29. The van der Waals surface area contributed by atoms with Crippen LogP contribution in [-0.4, -0.2) is 53.2 Å². The lowest BCUT2D eigenvalue weighted by atomic mass is 9.88. The number of nitrogens with one attached hydrogen (secondary N) is 1. The van der Waals surface area contributed by atoms with Crippen LogP contribution in [0.3, 0.4) is 0 Å². The minimum Gasteiger partial charge on any atom is -0.480 e. The van der Waals surface area contributed by atoms with Crippen molar-refractivity contribution in [2.75, 3.05) is 19.7 Å². The molecule has 3 rings (SSSR count). The number of carbonyl (C=O) groups excluding carboxylic acids is 2. The smallest absolute Gasteiger partial charge is 0.407 e. The number of amides is 2. The summed E-state index contributed by atoms with van der Waals surface area (Å²) in [6.45, 7) is 8.52. The van der Waals surface area contributed by atoms with Crippen molar-refractivity contribution in [1.29, 1.82) is 0 Å². The van der Waals surface area contributed by atoms with Gasteiger partial charge in [-0.05, 0) is 56.9 Å². The predicted molar refractivity (Wildman–Crippen MR) is 126 cm³/mol. The molecule has 176 valence electrons. The molecule has 2 amide bonds. The van der Waals surface area contributed by atoms with E-state index < -0.39 is 23.0 Å². The summed E-state index contributed by atoms with van der Waals surface area (Å²) in [7, 11) is 0. The summed E-state index contributed by atoms with van der Waals surface area (Å²) in [5, 5.41) is 12.2. The van der Waals surface area contributed by atoms with E-state index >= 15 is 0 Å². The van der Waals surface area contributed by atoms with E-state index in [2.05, 4.69) is 17.4 Å². The Hall–Kier alpha value is -3.35. The summed E-state index contributed by atoms with van der Waals surface area (Å²) in [6.07, 6.45) is -0.613. The van der Waals surface area contributed by atoms with Gasteiger partial charge in [-0.25, -0.2) is 9.59 Å². The Bertz CT molecular complexity index is 1010. The van der Waals surface area contributed by atoms with Crippen molar-refractivity contribution < 1.29 is 24.2 Å². The van der Waals surface area contributed by atoms with Crippen LogP contribution in [0.5, 0.6) is 0 Å². The van der Waals surface area contributed by atoms with Gasteiger partial charge in [-0.15, -0.1) is 0 Å². The Morgan fingerprint density at radius 2 is 1.48 bits per heavy atom. The molecule has 0 heterocycles. The van der Waals surface area contributed by atoms with Crippen LogP contribution in [0.4, 0.5) is 4.79 Å². The van der Waals surface area contributed by atoms with Gasteiger partial charge < -0.3 is 20.1 Å². The van der Waals surface area contributed by atoms with E-state index in [-0.39, 0.29) is 31.5 Å². The highest BCUT2D eigenvalue weighted by atomic mass is 16.5. The normalized spacial score (nSPS) is 13.1. The summed E-state index contributed by atoms with van der Waals surface area (Å²) in [5.74, 6) is -1.49. The lowest BCUT2D eigenvalue weighted by Crippen LogP contribution is -2.58. The second-order valence-electron chi connectivity index (χ2n) is 9.48. The second kappa shape index (κ2) is 9.25. The Kier molecular flexibility index (Phi) is 6.81. The molecule has 33 heavy (non-hydrogen) atoms. The molecule has 0 unspecified atom stereocenters. The molecule has 0 radical (unpaired) electrons. The number of fused-ring (bicyclic) bond motifs is 3. The average Bonchev–Trinajstić information content (AvgIpc) is 3.10. The predicted octanol–water partition coefficient (Wildman–Crippen LogP) is 4.26. The molecular formula is C26H32N2O5. The summed E-state index contributed by atoms with van der Waals surface area (Å²) in [5.41, 5.74) is 2.18. The molecule has 0 atom stereocenters. The average molecular weight is 453 g/mol. The maximum absolute atomic E-state index is 13.1. The largest absolute Gasteiger partial charge is 0.480 e. The number of alkyl carbamates (subject to hydrolysis) is 1. The first kappa shape index (κ1) is 24.3. The molecule has 0 saturated heterocycles. The molecule has 1 aliphatic rings. The first-order valence-electron chi connectivity index (χ1n) is 11.1. The fraction of sp³-hybridized carbons (Fsp3) is 0.423. The Balaban J connectivity index is 1.63. The zero-order valence-corrected chi connectivity index (χ0v) is 19.8. The van der Waals surface area contributed by atoms with E-state index in [1.807, 2.05) is 36.4 Å². The van der Waals surface area contributed by atoms with Crippen molar-refractivity contribution in [2.24, 2.45) is 5.41 Å². The van der Waals surface area contributed by atoms with Gasteiger partial charge in [0, 0.05) is 19.0 Å².